The molecule has 220 valence electrons. The third kappa shape index (κ3) is 5.38. The van der Waals surface area contributed by atoms with Crippen LogP contribution in [0.15, 0.2) is 96.2 Å². The fraction of sp³-hybridized carbons (Fsp3) is 0.0968. The first-order chi connectivity index (χ1) is 20.9. The average Bonchev–Trinajstić information content (AvgIpc) is 3.63. The van der Waals surface area contributed by atoms with Crippen molar-refractivity contribution in [1.82, 2.24) is 24.4 Å². The Balaban J connectivity index is 1.53. The van der Waals surface area contributed by atoms with Gasteiger partial charge in [0.25, 0.3) is 0 Å². The van der Waals surface area contributed by atoms with Crippen LogP contribution in [-0.2, 0) is 16.0 Å². The lowest BCUT2D eigenvalue weighted by Crippen LogP contribution is -2.06. The number of alkyl halides is 3. The summed E-state index contributed by atoms with van der Waals surface area (Å²) in [5.41, 5.74) is 3.86. The number of anilines is 2. The SMILES string of the molecule is Cc1c(-c2ccnn2-c2ccc(C#N)cc2)cn2nc(Nc3ccc(S(C)(=O)=O)cc3)nc2c1-c1cccc(C(F)(F)F)c1. The highest BCUT2D eigenvalue weighted by atomic mass is 32.2. The molecule has 0 saturated heterocycles. The van der Waals surface area contributed by atoms with E-state index < -0.39 is 21.6 Å². The van der Waals surface area contributed by atoms with Gasteiger partial charge in [-0.25, -0.2) is 17.6 Å². The molecule has 0 aliphatic carbocycles. The summed E-state index contributed by atoms with van der Waals surface area (Å²) < 4.78 is 68.0. The summed E-state index contributed by atoms with van der Waals surface area (Å²) in [5.74, 6) is 0.155. The molecule has 9 nitrogen and oxygen atoms in total. The maximum absolute atomic E-state index is 13.7. The standard InChI is InChI=1S/C31H22F3N7O2S/c1-19-26(27-14-15-36-41(27)24-10-6-20(17-35)7-11-24)18-40-29(28(19)21-4-3-5-22(16-21)31(32,33)34)38-30(39-40)37-23-8-12-25(13-9-23)44(2,42)43/h3-16,18H,1-2H3,(H,37,39). The van der Waals surface area contributed by atoms with E-state index in [2.05, 4.69) is 26.6 Å². The van der Waals surface area contributed by atoms with Crippen LogP contribution in [0.5, 0.6) is 0 Å². The van der Waals surface area contributed by atoms with Gasteiger partial charge in [-0.1, -0.05) is 12.1 Å². The number of aromatic nitrogens is 5. The molecule has 0 aliphatic rings. The molecule has 0 bridgehead atoms. The highest BCUT2D eigenvalue weighted by Gasteiger charge is 2.31. The van der Waals surface area contributed by atoms with Crippen molar-refractivity contribution in [2.45, 2.75) is 18.0 Å². The van der Waals surface area contributed by atoms with E-state index >= 15 is 0 Å². The largest absolute Gasteiger partial charge is 0.416 e. The molecule has 0 unspecified atom stereocenters. The topological polar surface area (TPSA) is 118 Å². The maximum atomic E-state index is 13.7. The molecule has 3 heterocycles. The minimum absolute atomic E-state index is 0.150. The fourth-order valence-electron chi connectivity index (χ4n) is 4.92. The van der Waals surface area contributed by atoms with Gasteiger partial charge in [0.05, 0.1) is 39.7 Å². The number of fused-ring (bicyclic) bond motifs is 1. The number of pyridine rings is 1. The predicted molar refractivity (Wildman–Crippen MR) is 158 cm³/mol. The zero-order valence-electron chi connectivity index (χ0n) is 23.2. The number of hydrogen-bond acceptors (Lipinski definition) is 7. The lowest BCUT2D eigenvalue weighted by atomic mass is 9.95. The van der Waals surface area contributed by atoms with Gasteiger partial charge in [0.1, 0.15) is 0 Å². The molecule has 1 N–H and O–H groups in total. The number of nitriles is 1. The summed E-state index contributed by atoms with van der Waals surface area (Å²) >= 11 is 0. The molecule has 13 heteroatoms. The molecule has 0 aliphatic heterocycles. The van der Waals surface area contributed by atoms with E-state index in [0.717, 1.165) is 18.4 Å². The molecule has 0 fully saturated rings. The number of hydrogen-bond donors (Lipinski definition) is 1. The smallest absolute Gasteiger partial charge is 0.323 e. The molecule has 0 amide bonds. The zero-order chi connectivity index (χ0) is 31.2. The summed E-state index contributed by atoms with van der Waals surface area (Å²) in [6.07, 6.45) is -0.105. The van der Waals surface area contributed by atoms with E-state index in [1.54, 1.807) is 72.5 Å². The number of nitrogens with one attached hydrogen (secondary N) is 1. The Labute approximate surface area is 249 Å². The normalized spacial score (nSPS) is 11.9. The van der Waals surface area contributed by atoms with Crippen LogP contribution in [0.2, 0.25) is 0 Å². The molecular weight excluding hydrogens is 591 g/mol. The molecule has 0 radical (unpaired) electrons. The highest BCUT2D eigenvalue weighted by molar-refractivity contribution is 7.90. The van der Waals surface area contributed by atoms with E-state index in [-0.39, 0.29) is 10.8 Å². The lowest BCUT2D eigenvalue weighted by molar-refractivity contribution is -0.137. The number of sulfone groups is 1. The van der Waals surface area contributed by atoms with Gasteiger partial charge >= 0.3 is 6.18 Å². The Bertz CT molecular complexity index is 2180. The van der Waals surface area contributed by atoms with Crippen molar-refractivity contribution in [3.63, 3.8) is 0 Å². The number of halogens is 3. The fourth-order valence-corrected chi connectivity index (χ4v) is 5.55. The van der Waals surface area contributed by atoms with Gasteiger partial charge < -0.3 is 5.32 Å². The van der Waals surface area contributed by atoms with Crippen LogP contribution < -0.4 is 5.32 Å². The lowest BCUT2D eigenvalue weighted by Gasteiger charge is -2.16. The van der Waals surface area contributed by atoms with Crippen molar-refractivity contribution in [1.29, 1.82) is 5.26 Å². The van der Waals surface area contributed by atoms with Gasteiger partial charge in [0, 0.05) is 29.3 Å². The second-order valence-electron chi connectivity index (χ2n) is 10.0. The first kappa shape index (κ1) is 28.6. The molecule has 0 atom stereocenters. The first-order valence-corrected chi connectivity index (χ1v) is 15.0. The van der Waals surface area contributed by atoms with Crippen LogP contribution in [0.3, 0.4) is 0 Å². The van der Waals surface area contributed by atoms with E-state index in [9.17, 15) is 26.9 Å². The van der Waals surface area contributed by atoms with E-state index in [4.69, 9.17) is 0 Å². The van der Waals surface area contributed by atoms with Gasteiger partial charge in [-0.05, 0) is 84.8 Å². The van der Waals surface area contributed by atoms with Gasteiger partial charge in [0.15, 0.2) is 15.5 Å². The Morgan fingerprint density at radius 1 is 0.977 bits per heavy atom. The van der Waals surface area contributed by atoms with Crippen LogP contribution in [0, 0.1) is 18.3 Å². The Hall–Kier alpha value is -5.48. The van der Waals surface area contributed by atoms with Crippen molar-refractivity contribution in [2.75, 3.05) is 11.6 Å². The third-order valence-corrected chi connectivity index (χ3v) is 8.19. The van der Waals surface area contributed by atoms with Crippen LogP contribution >= 0.6 is 0 Å². The van der Waals surface area contributed by atoms with Crippen LogP contribution in [0.25, 0.3) is 33.7 Å². The summed E-state index contributed by atoms with van der Waals surface area (Å²) in [4.78, 5) is 4.77. The predicted octanol–water partition coefficient (Wildman–Crippen LogP) is 6.60. The monoisotopic (exact) mass is 613 g/mol. The van der Waals surface area contributed by atoms with Gasteiger partial charge in [-0.3, -0.25) is 0 Å². The van der Waals surface area contributed by atoms with Gasteiger partial charge in [-0.2, -0.15) is 28.5 Å². The van der Waals surface area contributed by atoms with Crippen LogP contribution in [0.1, 0.15) is 16.7 Å². The molecule has 44 heavy (non-hydrogen) atoms. The molecule has 3 aromatic heterocycles. The van der Waals surface area contributed by atoms with Crippen molar-refractivity contribution >= 4 is 27.1 Å². The zero-order valence-corrected chi connectivity index (χ0v) is 24.0. The molecule has 6 aromatic rings. The highest BCUT2D eigenvalue weighted by Crippen LogP contribution is 2.38. The second-order valence-corrected chi connectivity index (χ2v) is 12.0. The quantitative estimate of drug-likeness (QED) is 0.225. The number of benzene rings is 3. The van der Waals surface area contributed by atoms with E-state index in [0.29, 0.717) is 50.5 Å². The van der Waals surface area contributed by atoms with Crippen molar-refractivity contribution < 1.29 is 21.6 Å². The Morgan fingerprint density at radius 3 is 2.36 bits per heavy atom. The minimum atomic E-state index is -4.55. The number of rotatable bonds is 6. The molecular formula is C31H22F3N7O2S. The summed E-state index contributed by atoms with van der Waals surface area (Å²) in [6.45, 7) is 1.80. The molecule has 6 rings (SSSR count). The average molecular weight is 614 g/mol. The first-order valence-electron chi connectivity index (χ1n) is 13.1. The van der Waals surface area contributed by atoms with Crippen molar-refractivity contribution in [3.05, 3.63) is 108 Å². The Morgan fingerprint density at radius 2 is 1.70 bits per heavy atom. The molecule has 0 spiro atoms. The summed E-state index contributed by atoms with van der Waals surface area (Å²) in [5, 5.41) is 21.3. The minimum Gasteiger partial charge on any atom is -0.323 e. The molecule has 3 aromatic carbocycles. The molecule has 0 saturated carbocycles. The van der Waals surface area contributed by atoms with Crippen LogP contribution in [0.4, 0.5) is 24.8 Å². The van der Waals surface area contributed by atoms with E-state index in [1.165, 1.54) is 22.7 Å². The third-order valence-electron chi connectivity index (χ3n) is 7.06. The van der Waals surface area contributed by atoms with Crippen molar-refractivity contribution in [3.8, 4) is 34.1 Å². The number of nitrogens with zero attached hydrogens (tertiary/aromatic N) is 6. The second kappa shape index (κ2) is 10.7. The Kier molecular flexibility index (Phi) is 6.94. The maximum Gasteiger partial charge on any atom is 0.416 e. The van der Waals surface area contributed by atoms with Gasteiger partial charge in [-0.15, -0.1) is 5.10 Å². The summed E-state index contributed by atoms with van der Waals surface area (Å²) in [7, 11) is -3.39. The summed E-state index contributed by atoms with van der Waals surface area (Å²) in [6, 6.07) is 21.8. The van der Waals surface area contributed by atoms with E-state index in [1.807, 2.05) is 0 Å². The van der Waals surface area contributed by atoms with Crippen molar-refractivity contribution in [2.24, 2.45) is 0 Å². The van der Waals surface area contributed by atoms with Gasteiger partial charge in [0.2, 0.25) is 5.95 Å². The van der Waals surface area contributed by atoms with Crippen LogP contribution in [-0.4, -0.2) is 39.1 Å².